The Morgan fingerprint density at radius 3 is 3.00 bits per heavy atom. The number of aromatic nitrogens is 4. The van der Waals surface area contributed by atoms with Crippen molar-refractivity contribution in [1.82, 2.24) is 19.5 Å². The van der Waals surface area contributed by atoms with Gasteiger partial charge in [0.1, 0.15) is 12.6 Å². The smallest absolute Gasteiger partial charge is 0.321 e. The molecule has 0 aromatic carbocycles. The van der Waals surface area contributed by atoms with Crippen LogP contribution >= 0.6 is 6.72 Å². The first-order valence-corrected chi connectivity index (χ1v) is 9.87. The molecule has 0 spiro atoms. The number of imidazole rings is 1. The molecule has 2 aromatic heterocycles. The van der Waals surface area contributed by atoms with Gasteiger partial charge in [-0.05, 0) is 31.6 Å². The molecule has 1 aliphatic rings. The largest absolute Gasteiger partial charge is 0.368 e. The number of ether oxygens (including phenoxy) is 1. The van der Waals surface area contributed by atoms with Gasteiger partial charge in [0.15, 0.2) is 17.0 Å². The number of hydrogen-bond donors (Lipinski definition) is 3. The van der Waals surface area contributed by atoms with Crippen LogP contribution < -0.4 is 5.32 Å². The summed E-state index contributed by atoms with van der Waals surface area (Å²) in [6.07, 6.45) is 4.17. The van der Waals surface area contributed by atoms with Gasteiger partial charge in [-0.3, -0.25) is 4.57 Å². The Morgan fingerprint density at radius 1 is 1.43 bits per heavy atom. The Kier molecular flexibility index (Phi) is 4.90. The molecule has 2 aromatic rings. The second kappa shape index (κ2) is 6.76. The van der Waals surface area contributed by atoms with Crippen LogP contribution in [0.25, 0.3) is 11.2 Å². The van der Waals surface area contributed by atoms with Gasteiger partial charge in [-0.1, -0.05) is 0 Å². The SMILES string of the molecule is CCNc1ncnc2c1ncn2[C@H]1CC[C@@H](COP(O)(O)=S)O1. The molecule has 3 rings (SSSR count). The van der Waals surface area contributed by atoms with Crippen LogP contribution in [0, 0.1) is 0 Å². The van der Waals surface area contributed by atoms with E-state index in [4.69, 9.17) is 19.0 Å². The first-order valence-electron chi connectivity index (χ1n) is 7.25. The van der Waals surface area contributed by atoms with Crippen LogP contribution in [0.4, 0.5) is 5.82 Å². The molecule has 11 heteroatoms. The normalized spacial score (nSPS) is 21.9. The molecule has 1 aliphatic heterocycles. The molecular formula is C12H18N5O4PS. The van der Waals surface area contributed by atoms with Crippen molar-refractivity contribution in [2.24, 2.45) is 0 Å². The van der Waals surface area contributed by atoms with Gasteiger partial charge in [-0.15, -0.1) is 0 Å². The van der Waals surface area contributed by atoms with Gasteiger partial charge in [0, 0.05) is 6.54 Å². The van der Waals surface area contributed by atoms with E-state index in [1.54, 1.807) is 6.33 Å². The third-order valence-corrected chi connectivity index (χ3v) is 4.33. The fourth-order valence-corrected chi connectivity index (χ4v) is 3.10. The van der Waals surface area contributed by atoms with Crippen LogP contribution in [0.1, 0.15) is 26.0 Å². The van der Waals surface area contributed by atoms with Crippen molar-refractivity contribution in [3.63, 3.8) is 0 Å². The summed E-state index contributed by atoms with van der Waals surface area (Å²) >= 11 is 4.44. The molecule has 0 unspecified atom stereocenters. The van der Waals surface area contributed by atoms with Gasteiger partial charge >= 0.3 is 6.72 Å². The van der Waals surface area contributed by atoms with Gasteiger partial charge in [0.05, 0.1) is 19.0 Å². The highest BCUT2D eigenvalue weighted by Crippen LogP contribution is 2.38. The minimum absolute atomic E-state index is 0.0605. The van der Waals surface area contributed by atoms with Gasteiger partial charge in [-0.2, -0.15) is 0 Å². The fraction of sp³-hybridized carbons (Fsp3) is 0.583. The van der Waals surface area contributed by atoms with Gasteiger partial charge in [0.25, 0.3) is 0 Å². The molecule has 0 radical (unpaired) electrons. The van der Waals surface area contributed by atoms with Crippen molar-refractivity contribution in [1.29, 1.82) is 0 Å². The second-order valence-electron chi connectivity index (χ2n) is 5.15. The van der Waals surface area contributed by atoms with E-state index < -0.39 is 6.72 Å². The van der Waals surface area contributed by atoms with Crippen molar-refractivity contribution in [3.05, 3.63) is 12.7 Å². The van der Waals surface area contributed by atoms with Crippen LogP contribution in [-0.4, -0.2) is 48.6 Å². The van der Waals surface area contributed by atoms with Crippen molar-refractivity contribution in [2.75, 3.05) is 18.5 Å². The van der Waals surface area contributed by atoms with E-state index in [0.717, 1.165) is 19.4 Å². The molecule has 0 amide bonds. The molecule has 9 nitrogen and oxygen atoms in total. The minimum Gasteiger partial charge on any atom is -0.368 e. The molecule has 23 heavy (non-hydrogen) atoms. The number of nitrogens with one attached hydrogen (secondary N) is 1. The summed E-state index contributed by atoms with van der Waals surface area (Å²) in [6.45, 7) is -0.857. The predicted molar refractivity (Wildman–Crippen MR) is 87.3 cm³/mol. The van der Waals surface area contributed by atoms with Crippen LogP contribution in [-0.2, 0) is 21.1 Å². The molecule has 2 atom stereocenters. The maximum atomic E-state index is 9.11. The van der Waals surface area contributed by atoms with Crippen molar-refractivity contribution >= 4 is 35.5 Å². The molecule has 1 fully saturated rings. The lowest BCUT2D eigenvalue weighted by Gasteiger charge is -2.16. The zero-order chi connectivity index (χ0) is 16.4. The Labute approximate surface area is 137 Å². The van der Waals surface area contributed by atoms with E-state index in [1.807, 2.05) is 11.5 Å². The molecular weight excluding hydrogens is 341 g/mol. The third-order valence-electron chi connectivity index (χ3n) is 3.53. The highest BCUT2D eigenvalue weighted by Gasteiger charge is 2.29. The van der Waals surface area contributed by atoms with Crippen molar-refractivity contribution < 1.29 is 19.0 Å². The quantitative estimate of drug-likeness (QED) is 0.654. The number of anilines is 1. The average molecular weight is 359 g/mol. The summed E-state index contributed by atoms with van der Waals surface area (Å²) in [7, 11) is 0. The molecule has 1 saturated heterocycles. The lowest BCUT2D eigenvalue weighted by molar-refractivity contribution is -0.0178. The summed E-state index contributed by atoms with van der Waals surface area (Å²) in [5, 5.41) is 3.15. The molecule has 0 bridgehead atoms. The third kappa shape index (κ3) is 3.85. The van der Waals surface area contributed by atoms with Gasteiger partial charge < -0.3 is 24.4 Å². The van der Waals surface area contributed by atoms with Gasteiger partial charge in [0.2, 0.25) is 0 Å². The highest BCUT2D eigenvalue weighted by atomic mass is 32.5. The summed E-state index contributed by atoms with van der Waals surface area (Å²) in [5.41, 5.74) is 1.39. The van der Waals surface area contributed by atoms with E-state index in [0.29, 0.717) is 17.0 Å². The van der Waals surface area contributed by atoms with E-state index in [1.165, 1.54) is 6.33 Å². The van der Waals surface area contributed by atoms with E-state index in [2.05, 4.69) is 32.1 Å². The maximum absolute atomic E-state index is 9.11. The Balaban J connectivity index is 1.74. The van der Waals surface area contributed by atoms with Gasteiger partial charge in [-0.25, -0.2) is 15.0 Å². The average Bonchev–Trinajstić information content (AvgIpc) is 3.11. The van der Waals surface area contributed by atoms with Crippen LogP contribution in [0.15, 0.2) is 12.7 Å². The number of fused-ring (bicyclic) bond motifs is 1. The standard InChI is InChI=1S/C12H18N5O4PS/c1-2-13-11-10-12(15-6-14-11)17(7-16-10)9-4-3-8(21-9)5-20-22(18,19)23/h6-9H,2-5H2,1H3,(H,13,14,15)(H2,18,19,23)/t8-,9+/m0/s1. The summed E-state index contributed by atoms with van der Waals surface area (Å²) in [6, 6.07) is 0. The van der Waals surface area contributed by atoms with Crippen LogP contribution in [0.3, 0.4) is 0 Å². The first-order chi connectivity index (χ1) is 11.0. The lowest BCUT2D eigenvalue weighted by Crippen LogP contribution is -2.16. The zero-order valence-corrected chi connectivity index (χ0v) is 14.2. The van der Waals surface area contributed by atoms with E-state index in [-0.39, 0.29) is 18.9 Å². The summed E-state index contributed by atoms with van der Waals surface area (Å²) in [4.78, 5) is 31.1. The number of hydrogen-bond acceptors (Lipinski definition) is 7. The summed E-state index contributed by atoms with van der Waals surface area (Å²) in [5.74, 6) is 0.690. The zero-order valence-electron chi connectivity index (χ0n) is 12.5. The molecule has 3 N–H and O–H groups in total. The van der Waals surface area contributed by atoms with E-state index in [9.17, 15) is 0 Å². The predicted octanol–water partition coefficient (Wildman–Crippen LogP) is 1.16. The lowest BCUT2D eigenvalue weighted by atomic mass is 10.2. The summed E-state index contributed by atoms with van der Waals surface area (Å²) < 4.78 is 12.6. The van der Waals surface area contributed by atoms with Crippen LogP contribution in [0.2, 0.25) is 0 Å². The topological polar surface area (TPSA) is 115 Å². The van der Waals surface area contributed by atoms with E-state index >= 15 is 0 Å². The second-order valence-corrected chi connectivity index (χ2v) is 7.82. The maximum Gasteiger partial charge on any atom is 0.321 e. The molecule has 0 aliphatic carbocycles. The Hall–Kier alpha value is -1.16. The Bertz CT molecular complexity index is 735. The minimum atomic E-state index is -3.65. The molecule has 126 valence electrons. The number of nitrogens with zero attached hydrogens (tertiary/aromatic N) is 4. The highest BCUT2D eigenvalue weighted by molar-refractivity contribution is 8.06. The van der Waals surface area contributed by atoms with Crippen molar-refractivity contribution in [2.45, 2.75) is 32.1 Å². The monoisotopic (exact) mass is 359 g/mol. The fourth-order valence-electron chi connectivity index (χ4n) is 2.55. The Morgan fingerprint density at radius 2 is 2.26 bits per heavy atom. The van der Waals surface area contributed by atoms with Crippen LogP contribution in [0.5, 0.6) is 0 Å². The molecule has 3 heterocycles. The number of rotatable bonds is 6. The molecule has 0 saturated carbocycles. The van der Waals surface area contributed by atoms with Crippen molar-refractivity contribution in [3.8, 4) is 0 Å². The first kappa shape index (κ1) is 16.7.